The zero-order valence-corrected chi connectivity index (χ0v) is 13.4. The van der Waals surface area contributed by atoms with E-state index in [2.05, 4.69) is 5.10 Å². The van der Waals surface area contributed by atoms with Gasteiger partial charge in [-0.2, -0.15) is 5.10 Å². The molecule has 0 aliphatic carbocycles. The van der Waals surface area contributed by atoms with Crippen molar-refractivity contribution in [1.29, 1.82) is 0 Å². The van der Waals surface area contributed by atoms with E-state index in [0.29, 0.717) is 19.7 Å². The van der Waals surface area contributed by atoms with Crippen LogP contribution in [0.3, 0.4) is 0 Å². The number of carbonyl (C=O) groups is 2. The molecule has 0 spiro atoms. The number of rotatable bonds is 3. The number of ether oxygens (including phenoxy) is 1. The van der Waals surface area contributed by atoms with Crippen LogP contribution in [0.4, 0.5) is 0 Å². The van der Waals surface area contributed by atoms with Gasteiger partial charge in [-0.15, -0.1) is 0 Å². The topological polar surface area (TPSA) is 67.7 Å². The fraction of sp³-hybridized carbons (Fsp3) is 0.688. The maximum absolute atomic E-state index is 12.6. The molecule has 2 aliphatic heterocycles. The van der Waals surface area contributed by atoms with Crippen LogP contribution in [-0.2, 0) is 20.9 Å². The standard InChI is InChI=1S/C16H24N4O3/c21-15(13-20-9-5-6-17-20)19-10-11-23-14(12-19)16(22)18-7-3-1-2-4-8-18/h5-6,9,14H,1-4,7-8,10-13H2/t14-/m1/s1. The van der Waals surface area contributed by atoms with E-state index in [1.54, 1.807) is 28.0 Å². The van der Waals surface area contributed by atoms with Crippen molar-refractivity contribution in [3.8, 4) is 0 Å². The van der Waals surface area contributed by atoms with Crippen molar-refractivity contribution in [3.63, 3.8) is 0 Å². The van der Waals surface area contributed by atoms with Gasteiger partial charge in [-0.25, -0.2) is 0 Å². The highest BCUT2D eigenvalue weighted by Gasteiger charge is 2.32. The minimum atomic E-state index is -0.525. The van der Waals surface area contributed by atoms with Gasteiger partial charge in [-0.1, -0.05) is 12.8 Å². The van der Waals surface area contributed by atoms with Gasteiger partial charge in [-0.3, -0.25) is 14.3 Å². The summed E-state index contributed by atoms with van der Waals surface area (Å²) in [4.78, 5) is 28.6. The van der Waals surface area contributed by atoms with Crippen molar-refractivity contribution in [2.45, 2.75) is 38.3 Å². The van der Waals surface area contributed by atoms with Crippen LogP contribution in [0, 0.1) is 0 Å². The monoisotopic (exact) mass is 320 g/mol. The first kappa shape index (κ1) is 16.0. The highest BCUT2D eigenvalue weighted by Crippen LogP contribution is 2.14. The van der Waals surface area contributed by atoms with E-state index < -0.39 is 6.10 Å². The molecule has 3 rings (SSSR count). The van der Waals surface area contributed by atoms with Crippen LogP contribution in [-0.4, -0.2) is 70.3 Å². The molecule has 23 heavy (non-hydrogen) atoms. The van der Waals surface area contributed by atoms with Crippen LogP contribution in [0.25, 0.3) is 0 Å². The SMILES string of the molecule is O=C(Cn1cccn1)N1CCO[C@@H](C(=O)N2CCCCCC2)C1. The Hall–Kier alpha value is -1.89. The lowest BCUT2D eigenvalue weighted by Gasteiger charge is -2.34. The molecule has 1 aromatic rings. The number of likely N-dealkylation sites (tertiary alicyclic amines) is 1. The van der Waals surface area contributed by atoms with Crippen molar-refractivity contribution >= 4 is 11.8 Å². The minimum absolute atomic E-state index is 0.0225. The summed E-state index contributed by atoms with van der Waals surface area (Å²) >= 11 is 0. The zero-order chi connectivity index (χ0) is 16.1. The molecule has 0 radical (unpaired) electrons. The maximum atomic E-state index is 12.6. The number of carbonyl (C=O) groups excluding carboxylic acids is 2. The molecule has 3 heterocycles. The summed E-state index contributed by atoms with van der Waals surface area (Å²) < 4.78 is 7.24. The van der Waals surface area contributed by atoms with Gasteiger partial charge in [0.1, 0.15) is 6.54 Å². The first-order valence-electron chi connectivity index (χ1n) is 8.39. The van der Waals surface area contributed by atoms with Crippen LogP contribution in [0.1, 0.15) is 25.7 Å². The Morgan fingerprint density at radius 3 is 2.57 bits per heavy atom. The zero-order valence-electron chi connectivity index (χ0n) is 13.4. The molecule has 1 aromatic heterocycles. The Labute approximate surface area is 136 Å². The second-order valence-electron chi connectivity index (χ2n) is 6.14. The summed E-state index contributed by atoms with van der Waals surface area (Å²) in [6.45, 7) is 3.10. The molecule has 2 aliphatic rings. The van der Waals surface area contributed by atoms with Gasteiger partial charge < -0.3 is 14.5 Å². The van der Waals surface area contributed by atoms with Crippen LogP contribution < -0.4 is 0 Å². The second-order valence-corrected chi connectivity index (χ2v) is 6.14. The van der Waals surface area contributed by atoms with Crippen molar-refractivity contribution in [2.24, 2.45) is 0 Å². The third kappa shape index (κ3) is 4.10. The number of hydrogen-bond donors (Lipinski definition) is 0. The molecule has 7 heteroatoms. The van der Waals surface area contributed by atoms with E-state index in [-0.39, 0.29) is 18.4 Å². The van der Waals surface area contributed by atoms with E-state index >= 15 is 0 Å². The van der Waals surface area contributed by atoms with Gasteiger partial charge in [0.2, 0.25) is 5.91 Å². The fourth-order valence-electron chi connectivity index (χ4n) is 3.15. The summed E-state index contributed by atoms with van der Waals surface area (Å²) in [5.41, 5.74) is 0. The van der Waals surface area contributed by atoms with Crippen LogP contribution in [0.15, 0.2) is 18.5 Å². The normalized spacial score (nSPS) is 22.7. The summed E-state index contributed by atoms with van der Waals surface area (Å²) in [6.07, 6.45) is 7.37. The van der Waals surface area contributed by atoms with E-state index in [9.17, 15) is 9.59 Å². The molecule has 1 atom stereocenters. The smallest absolute Gasteiger partial charge is 0.253 e. The fourth-order valence-corrected chi connectivity index (χ4v) is 3.15. The number of nitrogens with zero attached hydrogens (tertiary/aromatic N) is 4. The molecular weight excluding hydrogens is 296 g/mol. The third-order valence-corrected chi connectivity index (χ3v) is 4.47. The van der Waals surface area contributed by atoms with Gasteiger partial charge in [0.25, 0.3) is 5.91 Å². The quantitative estimate of drug-likeness (QED) is 0.814. The lowest BCUT2D eigenvalue weighted by atomic mass is 10.2. The summed E-state index contributed by atoms with van der Waals surface area (Å²) in [5, 5.41) is 4.05. The van der Waals surface area contributed by atoms with Crippen LogP contribution in [0.5, 0.6) is 0 Å². The largest absolute Gasteiger partial charge is 0.365 e. The molecular formula is C16H24N4O3. The van der Waals surface area contributed by atoms with Crippen LogP contribution in [0.2, 0.25) is 0 Å². The van der Waals surface area contributed by atoms with Crippen molar-refractivity contribution < 1.29 is 14.3 Å². The van der Waals surface area contributed by atoms with Gasteiger partial charge in [0.15, 0.2) is 6.10 Å². The molecule has 7 nitrogen and oxygen atoms in total. The molecule has 2 saturated heterocycles. The van der Waals surface area contributed by atoms with Gasteiger partial charge in [-0.05, 0) is 18.9 Å². The molecule has 0 unspecified atom stereocenters. The Kier molecular flexibility index (Phi) is 5.27. The maximum Gasteiger partial charge on any atom is 0.253 e. The first-order chi connectivity index (χ1) is 11.2. The molecule has 2 fully saturated rings. The number of amides is 2. The van der Waals surface area contributed by atoms with E-state index in [1.807, 2.05) is 4.90 Å². The van der Waals surface area contributed by atoms with Crippen molar-refractivity contribution in [1.82, 2.24) is 19.6 Å². The molecule has 0 N–H and O–H groups in total. The van der Waals surface area contributed by atoms with Crippen molar-refractivity contribution in [3.05, 3.63) is 18.5 Å². The summed E-state index contributed by atoms with van der Waals surface area (Å²) in [7, 11) is 0. The first-order valence-corrected chi connectivity index (χ1v) is 8.39. The average Bonchev–Trinajstić information content (AvgIpc) is 2.94. The molecule has 126 valence electrons. The Morgan fingerprint density at radius 2 is 1.87 bits per heavy atom. The minimum Gasteiger partial charge on any atom is -0.365 e. The second kappa shape index (κ2) is 7.59. The lowest BCUT2D eigenvalue weighted by Crippen LogP contribution is -2.53. The van der Waals surface area contributed by atoms with Gasteiger partial charge >= 0.3 is 0 Å². The highest BCUT2D eigenvalue weighted by molar-refractivity contribution is 5.83. The number of hydrogen-bond acceptors (Lipinski definition) is 4. The van der Waals surface area contributed by atoms with E-state index in [0.717, 1.165) is 25.9 Å². The predicted octanol–water partition coefficient (Wildman–Crippen LogP) is 0.513. The van der Waals surface area contributed by atoms with E-state index in [4.69, 9.17) is 4.74 Å². The summed E-state index contributed by atoms with van der Waals surface area (Å²) in [5.74, 6) is 0.00848. The Bertz CT molecular complexity index is 523. The molecule has 2 amide bonds. The van der Waals surface area contributed by atoms with E-state index in [1.165, 1.54) is 12.8 Å². The lowest BCUT2D eigenvalue weighted by molar-refractivity contribution is -0.154. The predicted molar refractivity (Wildman–Crippen MR) is 83.6 cm³/mol. The third-order valence-electron chi connectivity index (χ3n) is 4.47. The Balaban J connectivity index is 1.56. The molecule has 0 aromatic carbocycles. The molecule has 0 saturated carbocycles. The van der Waals surface area contributed by atoms with Gasteiger partial charge in [0, 0.05) is 32.0 Å². The van der Waals surface area contributed by atoms with Crippen LogP contribution >= 0.6 is 0 Å². The number of morpholine rings is 1. The summed E-state index contributed by atoms with van der Waals surface area (Å²) in [6, 6.07) is 1.79. The van der Waals surface area contributed by atoms with Crippen molar-refractivity contribution in [2.75, 3.05) is 32.8 Å². The average molecular weight is 320 g/mol. The molecule has 0 bridgehead atoms. The highest BCUT2D eigenvalue weighted by atomic mass is 16.5. The number of aromatic nitrogens is 2. The Morgan fingerprint density at radius 1 is 1.09 bits per heavy atom. The van der Waals surface area contributed by atoms with Gasteiger partial charge in [0.05, 0.1) is 13.2 Å².